The van der Waals surface area contributed by atoms with Crippen LogP contribution in [0.5, 0.6) is 5.75 Å². The van der Waals surface area contributed by atoms with Crippen molar-refractivity contribution in [1.29, 1.82) is 0 Å². The summed E-state index contributed by atoms with van der Waals surface area (Å²) in [5, 5.41) is 11.1. The lowest BCUT2D eigenvalue weighted by molar-refractivity contribution is -0.384. The van der Waals surface area contributed by atoms with E-state index in [4.69, 9.17) is 9.47 Å². The van der Waals surface area contributed by atoms with Crippen LogP contribution in [0.4, 0.5) is 10.1 Å². The first-order valence-corrected chi connectivity index (χ1v) is 11.9. The Balaban J connectivity index is 1.55. The standard InChI is InChI=1S/C28H28FN3O5/c1-20(2)36-28(31-17-16-30(19-31)18-26(33)21-8-10-23(29)11-9-21)27(22-6-4-3-5-7-22)37-25-14-12-24(13-15-25)32(34)35/h3-17,20,27-28H,18-19H2,1-2H3. The summed E-state index contributed by atoms with van der Waals surface area (Å²) in [6.07, 6.45) is 2.37. The highest BCUT2D eigenvalue weighted by atomic mass is 19.1. The van der Waals surface area contributed by atoms with Crippen LogP contribution in [0.3, 0.4) is 0 Å². The number of nitrogens with zero attached hydrogens (tertiary/aromatic N) is 3. The molecular weight excluding hydrogens is 477 g/mol. The average molecular weight is 506 g/mol. The number of halogens is 1. The molecule has 8 nitrogen and oxygen atoms in total. The van der Waals surface area contributed by atoms with E-state index in [9.17, 15) is 19.3 Å². The first kappa shape index (κ1) is 25.8. The first-order chi connectivity index (χ1) is 17.8. The van der Waals surface area contributed by atoms with Crippen molar-refractivity contribution in [1.82, 2.24) is 9.80 Å². The lowest BCUT2D eigenvalue weighted by Crippen LogP contribution is -2.44. The van der Waals surface area contributed by atoms with Gasteiger partial charge in [0.25, 0.3) is 5.69 Å². The third kappa shape index (κ3) is 6.71. The maximum atomic E-state index is 13.2. The van der Waals surface area contributed by atoms with E-state index >= 15 is 0 Å². The summed E-state index contributed by atoms with van der Waals surface area (Å²) in [5.74, 6) is -0.0599. The highest BCUT2D eigenvalue weighted by Crippen LogP contribution is 2.32. The van der Waals surface area contributed by atoms with Crippen LogP contribution >= 0.6 is 0 Å². The average Bonchev–Trinajstić information content (AvgIpc) is 3.35. The second kappa shape index (κ2) is 11.7. The minimum atomic E-state index is -0.581. The summed E-state index contributed by atoms with van der Waals surface area (Å²) in [6, 6.07) is 21.0. The van der Waals surface area contributed by atoms with Crippen molar-refractivity contribution in [2.45, 2.75) is 32.3 Å². The van der Waals surface area contributed by atoms with E-state index in [1.54, 1.807) is 12.1 Å². The number of non-ortho nitro benzene ring substituents is 1. The van der Waals surface area contributed by atoms with E-state index < -0.39 is 23.1 Å². The monoisotopic (exact) mass is 505 g/mol. The molecule has 0 amide bonds. The van der Waals surface area contributed by atoms with Crippen molar-refractivity contribution in [3.63, 3.8) is 0 Å². The van der Waals surface area contributed by atoms with Gasteiger partial charge in [0.1, 0.15) is 11.6 Å². The molecule has 0 aliphatic carbocycles. The van der Waals surface area contributed by atoms with Gasteiger partial charge in [0.05, 0.1) is 24.2 Å². The number of carbonyl (C=O) groups excluding carboxylic acids is 1. The van der Waals surface area contributed by atoms with Gasteiger partial charge in [0.15, 0.2) is 18.1 Å². The Bertz CT molecular complexity index is 1230. The summed E-state index contributed by atoms with van der Waals surface area (Å²) >= 11 is 0. The van der Waals surface area contributed by atoms with Gasteiger partial charge in [0, 0.05) is 30.1 Å². The quantitative estimate of drug-likeness (QED) is 0.192. The molecule has 2 unspecified atom stereocenters. The molecule has 2 atom stereocenters. The van der Waals surface area contributed by atoms with E-state index in [0.29, 0.717) is 18.0 Å². The summed E-state index contributed by atoms with van der Waals surface area (Å²) in [5.41, 5.74) is 1.27. The molecule has 1 heterocycles. The molecule has 0 saturated heterocycles. The number of nitro groups is 1. The number of Topliss-reactive ketones (excluding diaryl/α,β-unsaturated/α-hetero) is 1. The predicted octanol–water partition coefficient (Wildman–Crippen LogP) is 5.53. The van der Waals surface area contributed by atoms with Crippen LogP contribution < -0.4 is 4.74 Å². The van der Waals surface area contributed by atoms with E-state index in [1.807, 2.05) is 66.4 Å². The summed E-state index contributed by atoms with van der Waals surface area (Å²) in [7, 11) is 0. The van der Waals surface area contributed by atoms with Crippen molar-refractivity contribution in [3.05, 3.63) is 118 Å². The summed E-state index contributed by atoms with van der Waals surface area (Å²) < 4.78 is 25.9. The molecule has 9 heteroatoms. The Hall–Kier alpha value is -4.24. The number of nitro benzene ring substituents is 1. The molecule has 0 spiro atoms. The van der Waals surface area contributed by atoms with Gasteiger partial charge in [-0.3, -0.25) is 14.9 Å². The molecule has 192 valence electrons. The van der Waals surface area contributed by atoms with Crippen LogP contribution in [-0.4, -0.2) is 46.1 Å². The number of ether oxygens (including phenoxy) is 2. The van der Waals surface area contributed by atoms with Crippen LogP contribution in [0.15, 0.2) is 91.3 Å². The zero-order valence-corrected chi connectivity index (χ0v) is 20.6. The van der Waals surface area contributed by atoms with Gasteiger partial charge in [-0.25, -0.2) is 4.39 Å². The molecule has 1 aliphatic rings. The Kier molecular flexibility index (Phi) is 8.15. The highest BCUT2D eigenvalue weighted by Gasteiger charge is 2.34. The normalized spacial score (nSPS) is 14.6. The number of benzene rings is 3. The van der Waals surface area contributed by atoms with Gasteiger partial charge >= 0.3 is 0 Å². The molecule has 0 saturated carbocycles. The lowest BCUT2D eigenvalue weighted by Gasteiger charge is -2.36. The van der Waals surface area contributed by atoms with E-state index in [-0.39, 0.29) is 24.1 Å². The highest BCUT2D eigenvalue weighted by molar-refractivity contribution is 5.97. The maximum Gasteiger partial charge on any atom is 0.269 e. The van der Waals surface area contributed by atoms with Gasteiger partial charge in [0.2, 0.25) is 0 Å². The van der Waals surface area contributed by atoms with E-state index in [2.05, 4.69) is 0 Å². The molecule has 0 N–H and O–H groups in total. The third-order valence-electron chi connectivity index (χ3n) is 5.76. The molecule has 0 radical (unpaired) electrons. The SMILES string of the molecule is CC(C)OC(C(Oc1ccc([N+](=O)[O-])cc1)c1ccccc1)N1C=CN(CC(=O)c2ccc(F)cc2)C1. The van der Waals surface area contributed by atoms with Gasteiger partial charge in [-0.1, -0.05) is 30.3 Å². The fourth-order valence-electron chi connectivity index (χ4n) is 3.99. The van der Waals surface area contributed by atoms with Gasteiger partial charge in [-0.05, 0) is 55.8 Å². The van der Waals surface area contributed by atoms with Gasteiger partial charge in [-0.2, -0.15) is 0 Å². The molecule has 37 heavy (non-hydrogen) atoms. The molecule has 3 aromatic carbocycles. The summed E-state index contributed by atoms with van der Waals surface area (Å²) in [4.78, 5) is 27.1. The minimum absolute atomic E-state index is 0.0254. The molecule has 4 rings (SSSR count). The predicted molar refractivity (Wildman–Crippen MR) is 136 cm³/mol. The molecular formula is C28H28FN3O5. The molecule has 0 fully saturated rings. The van der Waals surface area contributed by atoms with Gasteiger partial charge in [-0.15, -0.1) is 0 Å². The number of carbonyl (C=O) groups is 1. The maximum absolute atomic E-state index is 13.2. The largest absolute Gasteiger partial charge is 0.481 e. The fraction of sp³-hybridized carbons (Fsp3) is 0.250. The van der Waals surface area contributed by atoms with Crippen LogP contribution in [0.2, 0.25) is 0 Å². The third-order valence-corrected chi connectivity index (χ3v) is 5.76. The van der Waals surface area contributed by atoms with E-state index in [0.717, 1.165) is 5.56 Å². The van der Waals surface area contributed by atoms with Crippen LogP contribution in [0.1, 0.15) is 35.9 Å². The Labute approximate surface area is 214 Å². The molecule has 3 aromatic rings. The topological polar surface area (TPSA) is 85.1 Å². The Morgan fingerprint density at radius 2 is 1.68 bits per heavy atom. The number of ketones is 1. The second-order valence-electron chi connectivity index (χ2n) is 8.91. The zero-order chi connectivity index (χ0) is 26.4. The van der Waals surface area contributed by atoms with Crippen LogP contribution in [-0.2, 0) is 4.74 Å². The smallest absolute Gasteiger partial charge is 0.269 e. The zero-order valence-electron chi connectivity index (χ0n) is 20.6. The first-order valence-electron chi connectivity index (χ1n) is 11.9. The number of hydrogen-bond donors (Lipinski definition) is 0. The second-order valence-corrected chi connectivity index (χ2v) is 8.91. The van der Waals surface area contributed by atoms with Gasteiger partial charge < -0.3 is 19.3 Å². The summed E-state index contributed by atoms with van der Waals surface area (Å²) in [6.45, 7) is 4.34. The molecule has 0 bridgehead atoms. The van der Waals surface area contributed by atoms with Crippen LogP contribution in [0.25, 0.3) is 0 Å². The van der Waals surface area contributed by atoms with Crippen molar-refractivity contribution in [3.8, 4) is 5.75 Å². The molecule has 0 aromatic heterocycles. The van der Waals surface area contributed by atoms with Crippen molar-refractivity contribution >= 4 is 11.5 Å². The minimum Gasteiger partial charge on any atom is -0.481 e. The lowest BCUT2D eigenvalue weighted by atomic mass is 10.1. The molecule has 1 aliphatic heterocycles. The van der Waals surface area contributed by atoms with Crippen molar-refractivity contribution in [2.75, 3.05) is 13.2 Å². The fourth-order valence-corrected chi connectivity index (χ4v) is 3.99. The van der Waals surface area contributed by atoms with Crippen molar-refractivity contribution in [2.24, 2.45) is 0 Å². The van der Waals surface area contributed by atoms with Crippen molar-refractivity contribution < 1.29 is 23.6 Å². The Morgan fingerprint density at radius 3 is 2.30 bits per heavy atom. The van der Waals surface area contributed by atoms with Crippen LogP contribution in [0, 0.1) is 15.9 Å². The Morgan fingerprint density at radius 1 is 1.00 bits per heavy atom. The van der Waals surface area contributed by atoms with E-state index in [1.165, 1.54) is 36.4 Å². The number of hydrogen-bond acceptors (Lipinski definition) is 7. The number of rotatable bonds is 11.